The largest absolute Gasteiger partial charge is 0.380 e. The van der Waals surface area contributed by atoms with Gasteiger partial charge < -0.3 is 15.2 Å². The molecule has 3 aromatic rings. The predicted octanol–water partition coefficient (Wildman–Crippen LogP) is 3.02. The zero-order valence-electron chi connectivity index (χ0n) is 14.8. The van der Waals surface area contributed by atoms with Crippen LogP contribution in [0.3, 0.4) is 0 Å². The molecule has 4 rings (SSSR count). The van der Waals surface area contributed by atoms with Gasteiger partial charge in [0.05, 0.1) is 32.8 Å². The van der Waals surface area contributed by atoms with Gasteiger partial charge in [0.15, 0.2) is 0 Å². The molecule has 0 spiro atoms. The second kappa shape index (κ2) is 7.00. The Morgan fingerprint density at radius 1 is 1.25 bits per heavy atom. The monoisotopic (exact) mass is 418 g/mol. The molecule has 1 amide bonds. The minimum atomic E-state index is -0.771. The smallest absolute Gasteiger partial charge is 0.317 e. The topological polar surface area (TPSA) is 87.2 Å². The van der Waals surface area contributed by atoms with Crippen molar-refractivity contribution in [3.8, 4) is 0 Å². The third-order valence-electron chi connectivity index (χ3n) is 4.90. The predicted molar refractivity (Wildman–Crippen MR) is 111 cm³/mol. The number of hydrogen-bond acceptors (Lipinski definition) is 4. The fraction of sp³-hybridized carbons (Fsp3) is 0.211. The van der Waals surface area contributed by atoms with Crippen LogP contribution in [-0.4, -0.2) is 29.1 Å². The van der Waals surface area contributed by atoms with E-state index in [9.17, 15) is 14.4 Å². The van der Waals surface area contributed by atoms with Crippen molar-refractivity contribution in [2.24, 2.45) is 0 Å². The molecule has 0 radical (unpaired) electrons. The van der Waals surface area contributed by atoms with E-state index in [1.165, 1.54) is 15.5 Å². The number of halogens is 2. The summed E-state index contributed by atoms with van der Waals surface area (Å²) in [5.41, 5.74) is 0.536. The van der Waals surface area contributed by atoms with Crippen molar-refractivity contribution in [3.63, 3.8) is 0 Å². The van der Waals surface area contributed by atoms with Gasteiger partial charge in [0.25, 0.3) is 0 Å². The lowest BCUT2D eigenvalue weighted by atomic mass is 10.1. The zero-order valence-corrected chi connectivity index (χ0v) is 16.3. The van der Waals surface area contributed by atoms with E-state index in [1.807, 2.05) is 30.3 Å². The molecule has 0 saturated heterocycles. The summed E-state index contributed by atoms with van der Waals surface area (Å²) in [6.07, 6.45) is 0.0382. The van der Waals surface area contributed by atoms with Crippen LogP contribution in [-0.2, 0) is 4.79 Å². The number of amides is 1. The average Bonchev–Trinajstić information content (AvgIpc) is 2.70. The normalized spacial score (nSPS) is 15.3. The Bertz CT molecular complexity index is 1200. The SMILES string of the molecule is CN(C(=O)CC1CNc2c(Cl)c(Cl)cc3[nH]c(=O)c(=O)n1c23)c1ccccc1. The van der Waals surface area contributed by atoms with Gasteiger partial charge in [-0.15, -0.1) is 0 Å². The fourth-order valence-corrected chi connectivity index (χ4v) is 3.88. The van der Waals surface area contributed by atoms with Crippen molar-refractivity contribution >= 4 is 51.5 Å². The lowest BCUT2D eigenvalue weighted by Crippen LogP contribution is -2.44. The van der Waals surface area contributed by atoms with Crippen LogP contribution < -0.4 is 21.3 Å². The van der Waals surface area contributed by atoms with Crippen molar-refractivity contribution in [1.29, 1.82) is 0 Å². The first-order valence-electron chi connectivity index (χ1n) is 8.60. The van der Waals surface area contributed by atoms with Gasteiger partial charge in [-0.3, -0.25) is 19.0 Å². The number of aromatic amines is 1. The molecule has 2 N–H and O–H groups in total. The minimum Gasteiger partial charge on any atom is -0.380 e. The third kappa shape index (κ3) is 2.96. The minimum absolute atomic E-state index is 0.0382. The van der Waals surface area contributed by atoms with E-state index in [4.69, 9.17) is 23.2 Å². The van der Waals surface area contributed by atoms with Gasteiger partial charge in [0, 0.05) is 25.7 Å². The Morgan fingerprint density at radius 3 is 2.68 bits per heavy atom. The molecular formula is C19H16Cl2N4O3. The maximum Gasteiger partial charge on any atom is 0.317 e. The maximum absolute atomic E-state index is 12.8. The Morgan fingerprint density at radius 2 is 1.96 bits per heavy atom. The van der Waals surface area contributed by atoms with Crippen molar-refractivity contribution in [2.75, 3.05) is 23.8 Å². The number of anilines is 2. The number of nitrogens with one attached hydrogen (secondary N) is 2. The number of rotatable bonds is 3. The van der Waals surface area contributed by atoms with Gasteiger partial charge in [-0.2, -0.15) is 0 Å². The Labute approximate surface area is 169 Å². The highest BCUT2D eigenvalue weighted by Crippen LogP contribution is 2.39. The van der Waals surface area contributed by atoms with Gasteiger partial charge in [0.2, 0.25) is 5.91 Å². The van der Waals surface area contributed by atoms with Crippen LogP contribution in [0.25, 0.3) is 11.0 Å². The molecule has 28 heavy (non-hydrogen) atoms. The third-order valence-corrected chi connectivity index (χ3v) is 5.69. The number of nitrogens with zero attached hydrogens (tertiary/aromatic N) is 2. The summed E-state index contributed by atoms with van der Waals surface area (Å²) in [5.74, 6) is -0.179. The Kier molecular flexibility index (Phi) is 4.64. The van der Waals surface area contributed by atoms with Crippen molar-refractivity contribution in [3.05, 3.63) is 67.2 Å². The van der Waals surface area contributed by atoms with E-state index >= 15 is 0 Å². The molecule has 1 aliphatic rings. The van der Waals surface area contributed by atoms with Gasteiger partial charge >= 0.3 is 11.1 Å². The fourth-order valence-electron chi connectivity index (χ4n) is 3.47. The van der Waals surface area contributed by atoms with E-state index < -0.39 is 17.2 Å². The average molecular weight is 419 g/mol. The first-order valence-corrected chi connectivity index (χ1v) is 9.36. The molecule has 0 aliphatic carbocycles. The number of H-pyrrole nitrogens is 1. The van der Waals surface area contributed by atoms with Crippen LogP contribution in [0.1, 0.15) is 12.5 Å². The summed E-state index contributed by atoms with van der Waals surface area (Å²) >= 11 is 12.4. The van der Waals surface area contributed by atoms with Crippen LogP contribution in [0, 0.1) is 0 Å². The number of carbonyl (C=O) groups is 1. The molecule has 0 saturated carbocycles. The summed E-state index contributed by atoms with van der Waals surface area (Å²) in [6, 6.07) is 10.2. The van der Waals surface area contributed by atoms with Crippen LogP contribution in [0.15, 0.2) is 46.0 Å². The second-order valence-electron chi connectivity index (χ2n) is 6.60. The van der Waals surface area contributed by atoms with Gasteiger partial charge in [0.1, 0.15) is 0 Å². The summed E-state index contributed by atoms with van der Waals surface area (Å²) in [6.45, 7) is 0.264. The van der Waals surface area contributed by atoms with E-state index in [1.54, 1.807) is 7.05 Å². The summed E-state index contributed by atoms with van der Waals surface area (Å²) in [5, 5.41) is 3.67. The van der Waals surface area contributed by atoms with Crippen molar-refractivity contribution in [1.82, 2.24) is 9.55 Å². The second-order valence-corrected chi connectivity index (χ2v) is 7.39. The first kappa shape index (κ1) is 18.6. The molecular weight excluding hydrogens is 403 g/mol. The number of carbonyl (C=O) groups excluding carboxylic acids is 1. The molecule has 1 aromatic heterocycles. The van der Waals surface area contributed by atoms with Crippen LogP contribution in [0.2, 0.25) is 10.0 Å². The lowest BCUT2D eigenvalue weighted by Gasteiger charge is -2.30. The highest BCUT2D eigenvalue weighted by Gasteiger charge is 2.29. The highest BCUT2D eigenvalue weighted by atomic mass is 35.5. The van der Waals surface area contributed by atoms with E-state index in [-0.39, 0.29) is 28.9 Å². The highest BCUT2D eigenvalue weighted by molar-refractivity contribution is 6.45. The van der Waals surface area contributed by atoms with E-state index in [0.29, 0.717) is 16.7 Å². The van der Waals surface area contributed by atoms with Gasteiger partial charge in [-0.05, 0) is 18.2 Å². The maximum atomic E-state index is 12.8. The zero-order chi connectivity index (χ0) is 20.0. The first-order chi connectivity index (χ1) is 13.4. The standard InChI is InChI=1S/C19H16Cl2N4O3/c1-24(10-5-3-2-4-6-10)14(26)7-11-9-22-16-15(21)12(20)8-13-17(16)25(11)19(28)18(27)23-13/h2-6,8,11,22H,7,9H2,1H3,(H,23,27). The summed E-state index contributed by atoms with van der Waals surface area (Å²) in [7, 11) is 1.68. The van der Waals surface area contributed by atoms with Crippen LogP contribution in [0.5, 0.6) is 0 Å². The van der Waals surface area contributed by atoms with E-state index in [2.05, 4.69) is 10.3 Å². The Hall–Kier alpha value is -2.77. The summed E-state index contributed by atoms with van der Waals surface area (Å²) < 4.78 is 1.35. The van der Waals surface area contributed by atoms with Crippen molar-refractivity contribution in [2.45, 2.75) is 12.5 Å². The van der Waals surface area contributed by atoms with E-state index in [0.717, 1.165) is 5.69 Å². The molecule has 1 atom stereocenters. The molecule has 144 valence electrons. The van der Waals surface area contributed by atoms with Crippen LogP contribution >= 0.6 is 23.2 Å². The lowest BCUT2D eigenvalue weighted by molar-refractivity contribution is -0.119. The molecule has 2 aromatic carbocycles. The van der Waals surface area contributed by atoms with Gasteiger partial charge in [-0.1, -0.05) is 41.4 Å². The molecule has 7 nitrogen and oxygen atoms in total. The number of aromatic nitrogens is 2. The molecule has 0 bridgehead atoms. The molecule has 9 heteroatoms. The molecule has 0 fully saturated rings. The molecule has 1 unspecified atom stereocenters. The van der Waals surface area contributed by atoms with Crippen LogP contribution in [0.4, 0.5) is 11.4 Å². The molecule has 1 aliphatic heterocycles. The summed E-state index contributed by atoms with van der Waals surface area (Å²) in [4.78, 5) is 41.6. The number of benzene rings is 2. The Balaban J connectivity index is 1.79. The van der Waals surface area contributed by atoms with Crippen molar-refractivity contribution < 1.29 is 4.79 Å². The molecule has 2 heterocycles. The van der Waals surface area contributed by atoms with Gasteiger partial charge in [-0.25, -0.2) is 0 Å². The quantitative estimate of drug-likeness (QED) is 0.639. The number of para-hydroxylation sites is 1. The number of hydrogen-bond donors (Lipinski definition) is 2.